The Hall–Kier alpha value is -3.85. The standard InChI is InChI=1S/C29H43FN3O17P/c1-16(2)21(31)24(39)43-13-33-20(36)8-9-32(27(33)40)26-29(41,11-34)25(49-19(7)35)28(10-30,50-26)12-46-51(42,47-14-44-22(37)17(3)4)48-15-45-23(38)18(5)6/h8-9,11,16-18,21,25-26,41H,10,12-15,31H2,1-7H3/t21?,25-,26-,28-,29-/m1/s1. The Morgan fingerprint density at radius 1 is 1.00 bits per heavy atom. The first kappa shape index (κ1) is 43.3. The van der Waals surface area contributed by atoms with Crippen LogP contribution in [-0.2, 0) is 72.5 Å². The molecule has 1 saturated heterocycles. The Bertz CT molecular complexity index is 1570. The minimum absolute atomic E-state index is 0.227. The molecule has 3 N–H and O–H groups in total. The minimum atomic E-state index is -5.05. The highest BCUT2D eigenvalue weighted by molar-refractivity contribution is 7.48. The number of nitrogens with zero attached hydrogens (tertiary/aromatic N) is 2. The molecule has 0 radical (unpaired) electrons. The van der Waals surface area contributed by atoms with E-state index in [1.807, 2.05) is 0 Å². The zero-order chi connectivity index (χ0) is 38.9. The molecule has 1 aliphatic heterocycles. The van der Waals surface area contributed by atoms with Crippen LogP contribution < -0.4 is 17.0 Å². The van der Waals surface area contributed by atoms with E-state index < -0.39 is 118 Å². The normalized spacial score (nSPS) is 22.5. The second-order valence-corrected chi connectivity index (χ2v) is 13.9. The predicted octanol–water partition coefficient (Wildman–Crippen LogP) is 0.0641. The average molecular weight is 756 g/mol. The number of phosphoric ester groups is 1. The number of ether oxygens (including phenoxy) is 5. The Balaban J connectivity index is 2.55. The lowest BCUT2D eigenvalue weighted by Crippen LogP contribution is -2.57. The van der Waals surface area contributed by atoms with E-state index in [4.69, 9.17) is 43.0 Å². The molecule has 20 nitrogen and oxygen atoms in total. The van der Waals surface area contributed by atoms with Gasteiger partial charge in [-0.2, -0.15) is 0 Å². The van der Waals surface area contributed by atoms with E-state index in [9.17, 15) is 43.2 Å². The van der Waals surface area contributed by atoms with E-state index in [1.54, 1.807) is 13.8 Å². The third-order valence-corrected chi connectivity index (χ3v) is 8.54. The van der Waals surface area contributed by atoms with E-state index in [2.05, 4.69) is 0 Å². The smallest absolute Gasteiger partial charge is 0.455 e. The molecule has 0 amide bonds. The lowest BCUT2D eigenvalue weighted by Gasteiger charge is -2.33. The van der Waals surface area contributed by atoms with Gasteiger partial charge < -0.3 is 34.5 Å². The molecule has 51 heavy (non-hydrogen) atoms. The summed E-state index contributed by atoms with van der Waals surface area (Å²) in [5.74, 6) is -5.42. The number of nitrogens with two attached hydrogens (primary N) is 1. The van der Waals surface area contributed by atoms with Crippen LogP contribution in [0.2, 0.25) is 0 Å². The quantitative estimate of drug-likeness (QED) is 0.0621. The van der Waals surface area contributed by atoms with Gasteiger partial charge >= 0.3 is 37.4 Å². The number of aliphatic hydroxyl groups is 1. The van der Waals surface area contributed by atoms with Crippen LogP contribution >= 0.6 is 7.82 Å². The molecule has 22 heteroatoms. The summed E-state index contributed by atoms with van der Waals surface area (Å²) >= 11 is 0. The molecule has 0 aromatic carbocycles. The van der Waals surface area contributed by atoms with Crippen LogP contribution in [0.15, 0.2) is 21.9 Å². The van der Waals surface area contributed by atoms with Crippen molar-refractivity contribution in [1.82, 2.24) is 9.13 Å². The van der Waals surface area contributed by atoms with Gasteiger partial charge in [0.1, 0.15) is 12.7 Å². The molecular weight excluding hydrogens is 712 g/mol. The topological polar surface area (TPSA) is 267 Å². The highest BCUT2D eigenvalue weighted by Gasteiger charge is 2.68. The largest absolute Gasteiger partial charge is 0.480 e. The lowest BCUT2D eigenvalue weighted by molar-refractivity contribution is -0.174. The van der Waals surface area contributed by atoms with Crippen LogP contribution in [-0.4, -0.2) is 94.6 Å². The summed E-state index contributed by atoms with van der Waals surface area (Å²) in [6.45, 7) is 3.80. The average Bonchev–Trinajstić information content (AvgIpc) is 3.30. The van der Waals surface area contributed by atoms with Crippen molar-refractivity contribution in [2.24, 2.45) is 23.5 Å². The molecule has 2 rings (SSSR count). The van der Waals surface area contributed by atoms with Crippen molar-refractivity contribution in [3.63, 3.8) is 0 Å². The van der Waals surface area contributed by atoms with Crippen molar-refractivity contribution < 1.29 is 75.3 Å². The molecule has 288 valence electrons. The highest BCUT2D eigenvalue weighted by Crippen LogP contribution is 2.53. The first-order chi connectivity index (χ1) is 23.7. The number of phosphoric acid groups is 1. The SMILES string of the molecule is CC(=O)O[C@@H]1[C@@](CF)(COP(=O)(OCOC(=O)C(C)C)OCOC(=O)C(C)C)O[C@@H](n2ccc(=O)n(COC(=O)C(N)C(C)C)c2=O)[C@@]1(O)C=O. The van der Waals surface area contributed by atoms with Crippen LogP contribution in [0, 0.1) is 17.8 Å². The summed E-state index contributed by atoms with van der Waals surface area (Å²) in [5.41, 5.74) is -2.53. The maximum Gasteiger partial charge on any atom is 0.480 e. The van der Waals surface area contributed by atoms with Gasteiger partial charge in [0, 0.05) is 19.2 Å². The molecule has 0 saturated carbocycles. The van der Waals surface area contributed by atoms with Crippen molar-refractivity contribution in [1.29, 1.82) is 0 Å². The number of hydrogen-bond donors (Lipinski definition) is 2. The summed E-state index contributed by atoms with van der Waals surface area (Å²) in [5, 5.41) is 11.6. The maximum absolute atomic E-state index is 15.1. The molecule has 0 aliphatic carbocycles. The number of halogens is 1. The van der Waals surface area contributed by atoms with E-state index >= 15 is 4.39 Å². The molecule has 1 fully saturated rings. The van der Waals surface area contributed by atoms with Crippen LogP contribution in [0.5, 0.6) is 0 Å². The van der Waals surface area contributed by atoms with E-state index in [1.165, 1.54) is 27.7 Å². The van der Waals surface area contributed by atoms with E-state index in [0.29, 0.717) is 9.13 Å². The fraction of sp³-hybridized carbons (Fsp3) is 0.690. The van der Waals surface area contributed by atoms with Crippen molar-refractivity contribution in [2.75, 3.05) is 26.9 Å². The number of rotatable bonds is 19. The van der Waals surface area contributed by atoms with Gasteiger partial charge in [-0.1, -0.05) is 41.5 Å². The molecule has 0 bridgehead atoms. The lowest BCUT2D eigenvalue weighted by atomic mass is 9.87. The first-order valence-electron chi connectivity index (χ1n) is 15.4. The monoisotopic (exact) mass is 755 g/mol. The number of aldehydes is 1. The molecule has 0 spiro atoms. The molecule has 1 aromatic heterocycles. The number of carbonyl (C=O) groups is 5. The first-order valence-corrected chi connectivity index (χ1v) is 16.9. The summed E-state index contributed by atoms with van der Waals surface area (Å²) < 4.78 is 70.1. The Labute approximate surface area is 290 Å². The third-order valence-electron chi connectivity index (χ3n) is 7.25. The summed E-state index contributed by atoms with van der Waals surface area (Å²) in [7, 11) is -5.05. The Morgan fingerprint density at radius 2 is 1.55 bits per heavy atom. The van der Waals surface area contributed by atoms with Gasteiger partial charge in [-0.15, -0.1) is 0 Å². The summed E-state index contributed by atoms with van der Waals surface area (Å²) in [6.07, 6.45) is -4.11. The van der Waals surface area contributed by atoms with Gasteiger partial charge in [-0.05, 0) is 5.92 Å². The molecule has 5 atom stereocenters. The van der Waals surface area contributed by atoms with Crippen LogP contribution in [0.25, 0.3) is 0 Å². The molecule has 2 heterocycles. The molecule has 1 aromatic rings. The Kier molecular flexibility index (Phi) is 15.3. The number of aromatic nitrogens is 2. The zero-order valence-corrected chi connectivity index (χ0v) is 29.9. The van der Waals surface area contributed by atoms with Crippen molar-refractivity contribution in [3.05, 3.63) is 33.1 Å². The molecular formula is C29H43FN3O17P. The molecule has 1 unspecified atom stereocenters. The number of hydrogen-bond acceptors (Lipinski definition) is 18. The van der Waals surface area contributed by atoms with Crippen LogP contribution in [0.4, 0.5) is 4.39 Å². The Morgan fingerprint density at radius 3 is 2.00 bits per heavy atom. The number of carbonyl (C=O) groups excluding carboxylic acids is 5. The van der Waals surface area contributed by atoms with Gasteiger partial charge in [0.15, 0.2) is 30.9 Å². The van der Waals surface area contributed by atoms with Gasteiger partial charge in [0.05, 0.1) is 18.4 Å². The molecule has 1 aliphatic rings. The van der Waals surface area contributed by atoms with Crippen LogP contribution in [0.1, 0.15) is 54.7 Å². The van der Waals surface area contributed by atoms with Gasteiger partial charge in [-0.25, -0.2) is 27.4 Å². The summed E-state index contributed by atoms with van der Waals surface area (Å²) in [4.78, 5) is 86.8. The zero-order valence-electron chi connectivity index (χ0n) is 29.0. The fourth-order valence-electron chi connectivity index (χ4n) is 4.20. The van der Waals surface area contributed by atoms with E-state index in [0.717, 1.165) is 19.2 Å². The third kappa shape index (κ3) is 10.6. The minimum Gasteiger partial charge on any atom is -0.455 e. The van der Waals surface area contributed by atoms with Crippen molar-refractivity contribution in [3.8, 4) is 0 Å². The van der Waals surface area contributed by atoms with Crippen molar-refractivity contribution in [2.45, 2.75) is 84.8 Å². The number of esters is 4. The summed E-state index contributed by atoms with van der Waals surface area (Å²) in [6, 6.07) is -0.362. The van der Waals surface area contributed by atoms with Crippen molar-refractivity contribution >= 4 is 38.0 Å². The second kappa shape index (κ2) is 18.1. The predicted molar refractivity (Wildman–Crippen MR) is 167 cm³/mol. The fourth-order valence-corrected chi connectivity index (χ4v) is 5.17. The van der Waals surface area contributed by atoms with Gasteiger partial charge in [0.25, 0.3) is 5.56 Å². The van der Waals surface area contributed by atoms with Gasteiger partial charge in [0.2, 0.25) is 19.2 Å². The number of alkyl halides is 1. The second-order valence-electron chi connectivity index (χ2n) is 12.2. The van der Waals surface area contributed by atoms with E-state index in [-0.39, 0.29) is 12.2 Å². The highest BCUT2D eigenvalue weighted by atomic mass is 31.2. The van der Waals surface area contributed by atoms with Gasteiger partial charge in [-0.3, -0.25) is 37.9 Å². The van der Waals surface area contributed by atoms with Crippen LogP contribution in [0.3, 0.4) is 0 Å². The maximum atomic E-state index is 15.1.